The third-order valence-electron chi connectivity index (χ3n) is 3.23. The van der Waals surface area contributed by atoms with Gasteiger partial charge in [0.1, 0.15) is 5.69 Å². The summed E-state index contributed by atoms with van der Waals surface area (Å²) in [5, 5.41) is 7.17. The summed E-state index contributed by atoms with van der Waals surface area (Å²) in [7, 11) is 0. The van der Waals surface area contributed by atoms with Gasteiger partial charge in [0.15, 0.2) is 0 Å². The van der Waals surface area contributed by atoms with Crippen molar-refractivity contribution in [2.45, 2.75) is 25.5 Å². The van der Waals surface area contributed by atoms with Crippen LogP contribution in [0.15, 0.2) is 45.6 Å². The molecular weight excluding hydrogens is 286 g/mol. The Balaban J connectivity index is 1.73. The lowest BCUT2D eigenvalue weighted by Crippen LogP contribution is -2.12. The summed E-state index contributed by atoms with van der Waals surface area (Å²) in [6, 6.07) is 5.39. The molecule has 0 aromatic carbocycles. The molecule has 1 atom stereocenters. The van der Waals surface area contributed by atoms with Crippen molar-refractivity contribution in [3.8, 4) is 11.3 Å². The highest BCUT2D eigenvalue weighted by Gasteiger charge is 2.24. The summed E-state index contributed by atoms with van der Waals surface area (Å²) < 4.78 is 5.18. The summed E-state index contributed by atoms with van der Waals surface area (Å²) in [5.74, 6) is 0.228. The average molecular weight is 301 g/mol. The minimum atomic E-state index is -0.126. The number of aromatic nitrogens is 2. The van der Waals surface area contributed by atoms with Gasteiger partial charge in [-0.3, -0.25) is 15.1 Å². The molecule has 0 saturated heterocycles. The number of hydrogen-bond donors (Lipinski definition) is 1. The maximum absolute atomic E-state index is 12.2. The topological polar surface area (TPSA) is 68.0 Å². The summed E-state index contributed by atoms with van der Waals surface area (Å²) in [4.78, 5) is 17.0. The van der Waals surface area contributed by atoms with Crippen molar-refractivity contribution in [1.29, 1.82) is 0 Å². The van der Waals surface area contributed by atoms with Crippen LogP contribution < -0.4 is 5.32 Å². The first kappa shape index (κ1) is 13.9. The van der Waals surface area contributed by atoms with Crippen molar-refractivity contribution >= 4 is 23.6 Å². The molecule has 1 aliphatic heterocycles. The van der Waals surface area contributed by atoms with E-state index in [1.165, 1.54) is 0 Å². The van der Waals surface area contributed by atoms with E-state index in [4.69, 9.17) is 4.52 Å². The number of carbonyl (C=O) groups is 1. The van der Waals surface area contributed by atoms with Gasteiger partial charge in [-0.25, -0.2) is 0 Å². The Bertz CT molecular complexity index is 694. The summed E-state index contributed by atoms with van der Waals surface area (Å²) >= 11 is 1.60. The molecule has 1 amide bonds. The van der Waals surface area contributed by atoms with Crippen LogP contribution in [0.1, 0.15) is 20.3 Å². The number of allylic oxidation sites excluding steroid dienone is 1. The highest BCUT2D eigenvalue weighted by Crippen LogP contribution is 2.37. The SMILES string of the molecule is CC1=C(C(=O)Nc2cc(-c3ccncc3)no2)SC(C)C1. The smallest absolute Gasteiger partial charge is 0.264 e. The van der Waals surface area contributed by atoms with Gasteiger partial charge < -0.3 is 4.52 Å². The first-order chi connectivity index (χ1) is 10.1. The van der Waals surface area contributed by atoms with Gasteiger partial charge in [-0.2, -0.15) is 0 Å². The quantitative estimate of drug-likeness (QED) is 0.940. The monoisotopic (exact) mass is 301 g/mol. The zero-order chi connectivity index (χ0) is 14.8. The third-order valence-corrected chi connectivity index (χ3v) is 4.57. The second kappa shape index (κ2) is 5.73. The van der Waals surface area contributed by atoms with E-state index in [0.29, 0.717) is 16.8 Å². The van der Waals surface area contributed by atoms with E-state index in [1.54, 1.807) is 30.2 Å². The molecule has 0 fully saturated rings. The first-order valence-corrected chi connectivity index (χ1v) is 7.56. The number of pyridine rings is 1. The van der Waals surface area contributed by atoms with E-state index in [0.717, 1.165) is 22.5 Å². The maximum Gasteiger partial charge on any atom is 0.264 e. The molecule has 6 heteroatoms. The molecule has 2 aromatic rings. The lowest BCUT2D eigenvalue weighted by atomic mass is 10.1. The number of nitrogens with one attached hydrogen (secondary N) is 1. The molecule has 0 saturated carbocycles. The fraction of sp³-hybridized carbons (Fsp3) is 0.267. The predicted molar refractivity (Wildman–Crippen MR) is 82.7 cm³/mol. The Morgan fingerprint density at radius 2 is 2.19 bits per heavy atom. The Morgan fingerprint density at radius 1 is 1.43 bits per heavy atom. The molecule has 5 nitrogen and oxygen atoms in total. The molecule has 2 aromatic heterocycles. The van der Waals surface area contributed by atoms with Crippen LogP contribution in [0.3, 0.4) is 0 Å². The van der Waals surface area contributed by atoms with Crippen molar-refractivity contribution in [1.82, 2.24) is 10.1 Å². The molecule has 21 heavy (non-hydrogen) atoms. The predicted octanol–water partition coefficient (Wildman–Crippen LogP) is 3.47. The fourth-order valence-electron chi connectivity index (χ4n) is 2.28. The lowest BCUT2D eigenvalue weighted by molar-refractivity contribution is -0.112. The highest BCUT2D eigenvalue weighted by atomic mass is 32.2. The van der Waals surface area contributed by atoms with Gasteiger partial charge in [-0.1, -0.05) is 17.7 Å². The van der Waals surface area contributed by atoms with E-state index in [-0.39, 0.29) is 5.91 Å². The molecule has 0 spiro atoms. The van der Waals surface area contributed by atoms with Crippen molar-refractivity contribution in [2.24, 2.45) is 0 Å². The van der Waals surface area contributed by atoms with Crippen LogP contribution in [0.5, 0.6) is 0 Å². The number of carbonyl (C=O) groups excluding carboxylic acids is 1. The number of rotatable bonds is 3. The van der Waals surface area contributed by atoms with Gasteiger partial charge in [0.25, 0.3) is 5.91 Å². The van der Waals surface area contributed by atoms with E-state index in [9.17, 15) is 4.79 Å². The van der Waals surface area contributed by atoms with Crippen LogP contribution in [0.25, 0.3) is 11.3 Å². The van der Waals surface area contributed by atoms with Gasteiger partial charge in [-0.05, 0) is 25.5 Å². The van der Waals surface area contributed by atoms with Gasteiger partial charge in [-0.15, -0.1) is 11.8 Å². The lowest BCUT2D eigenvalue weighted by Gasteiger charge is -2.03. The van der Waals surface area contributed by atoms with Crippen molar-refractivity contribution < 1.29 is 9.32 Å². The number of anilines is 1. The van der Waals surface area contributed by atoms with Crippen molar-refractivity contribution in [3.05, 3.63) is 41.1 Å². The Hall–Kier alpha value is -2.08. The Morgan fingerprint density at radius 3 is 2.86 bits per heavy atom. The van der Waals surface area contributed by atoms with Crippen LogP contribution in [0.4, 0.5) is 5.88 Å². The van der Waals surface area contributed by atoms with Crippen LogP contribution in [-0.2, 0) is 4.79 Å². The Kier molecular flexibility index (Phi) is 3.79. The summed E-state index contributed by atoms with van der Waals surface area (Å²) in [6.07, 6.45) is 4.33. The van der Waals surface area contributed by atoms with E-state index >= 15 is 0 Å². The molecular formula is C15H15N3O2S. The number of hydrogen-bond acceptors (Lipinski definition) is 5. The molecule has 1 aliphatic rings. The zero-order valence-electron chi connectivity index (χ0n) is 11.8. The van der Waals surface area contributed by atoms with Gasteiger partial charge in [0.2, 0.25) is 5.88 Å². The second-order valence-corrected chi connectivity index (χ2v) is 6.46. The first-order valence-electron chi connectivity index (χ1n) is 6.68. The van der Waals surface area contributed by atoms with Gasteiger partial charge >= 0.3 is 0 Å². The number of nitrogens with zero attached hydrogens (tertiary/aromatic N) is 2. The largest absolute Gasteiger partial charge is 0.338 e. The van der Waals surface area contributed by atoms with Crippen LogP contribution in [0.2, 0.25) is 0 Å². The molecule has 1 unspecified atom stereocenters. The van der Waals surface area contributed by atoms with Crippen LogP contribution in [-0.4, -0.2) is 21.3 Å². The highest BCUT2D eigenvalue weighted by molar-refractivity contribution is 8.04. The van der Waals surface area contributed by atoms with Gasteiger partial charge in [0, 0.05) is 29.3 Å². The number of thioether (sulfide) groups is 1. The van der Waals surface area contributed by atoms with Gasteiger partial charge in [0.05, 0.1) is 4.91 Å². The van der Waals surface area contributed by atoms with Crippen molar-refractivity contribution in [3.63, 3.8) is 0 Å². The molecule has 0 radical (unpaired) electrons. The molecule has 108 valence electrons. The Labute approximate surface area is 126 Å². The standard InChI is InChI=1S/C15H15N3O2S/c1-9-7-10(2)21-14(9)15(19)17-13-8-12(18-20-13)11-3-5-16-6-4-11/h3-6,8,10H,7H2,1-2H3,(H,17,19). The second-order valence-electron chi connectivity index (χ2n) is 5.01. The molecule has 3 rings (SSSR count). The molecule has 0 aliphatic carbocycles. The normalized spacial score (nSPS) is 18.1. The minimum Gasteiger partial charge on any atom is -0.338 e. The van der Waals surface area contributed by atoms with Crippen molar-refractivity contribution in [2.75, 3.05) is 5.32 Å². The number of amides is 1. The molecule has 1 N–H and O–H groups in total. The van der Waals surface area contributed by atoms with E-state index in [1.807, 2.05) is 19.1 Å². The minimum absolute atomic E-state index is 0.126. The van der Waals surface area contributed by atoms with Crippen LogP contribution in [0, 0.1) is 0 Å². The average Bonchev–Trinajstić information content (AvgIpc) is 3.06. The fourth-order valence-corrected chi connectivity index (χ4v) is 3.45. The zero-order valence-corrected chi connectivity index (χ0v) is 12.6. The van der Waals surface area contributed by atoms with E-state index < -0.39 is 0 Å². The molecule has 0 bridgehead atoms. The maximum atomic E-state index is 12.2. The van der Waals surface area contributed by atoms with E-state index in [2.05, 4.69) is 22.4 Å². The van der Waals surface area contributed by atoms with Crippen LogP contribution >= 0.6 is 11.8 Å². The molecule has 3 heterocycles. The summed E-state index contributed by atoms with van der Waals surface area (Å²) in [5.41, 5.74) is 2.69. The summed E-state index contributed by atoms with van der Waals surface area (Å²) in [6.45, 7) is 4.11. The third kappa shape index (κ3) is 3.00.